The number of hydrogen-bond donors (Lipinski definition) is 1. The van der Waals surface area contributed by atoms with Crippen LogP contribution < -0.4 is 0 Å². The van der Waals surface area contributed by atoms with Gasteiger partial charge in [-0.25, -0.2) is 0 Å². The van der Waals surface area contributed by atoms with Gasteiger partial charge in [0.25, 0.3) is 0 Å². The summed E-state index contributed by atoms with van der Waals surface area (Å²) in [5, 5.41) is 10.1. The van der Waals surface area contributed by atoms with Crippen LogP contribution in [0.3, 0.4) is 0 Å². The van der Waals surface area contributed by atoms with E-state index in [0.29, 0.717) is 18.5 Å². The van der Waals surface area contributed by atoms with Gasteiger partial charge in [0.05, 0.1) is 6.10 Å². The molecule has 2 rings (SSSR count). The van der Waals surface area contributed by atoms with E-state index in [9.17, 15) is 9.90 Å². The van der Waals surface area contributed by atoms with E-state index in [1.54, 1.807) is 6.92 Å². The van der Waals surface area contributed by atoms with Gasteiger partial charge in [-0.05, 0) is 39.2 Å². The number of rotatable bonds is 3. The molecule has 92 valence electrons. The van der Waals surface area contributed by atoms with Gasteiger partial charge in [0.15, 0.2) is 0 Å². The molecule has 0 radical (unpaired) electrons. The number of ketones is 1. The average molecular weight is 225 g/mol. The smallest absolute Gasteiger partial charge is 0.131 e. The summed E-state index contributed by atoms with van der Waals surface area (Å²) in [5.74, 6) is 0.280. The van der Waals surface area contributed by atoms with Crippen LogP contribution in [-0.2, 0) is 4.79 Å². The molecule has 1 aliphatic heterocycles. The van der Waals surface area contributed by atoms with E-state index in [1.165, 1.54) is 12.8 Å². The summed E-state index contributed by atoms with van der Waals surface area (Å²) >= 11 is 0. The first-order valence-electron chi connectivity index (χ1n) is 6.61. The molecule has 0 bridgehead atoms. The van der Waals surface area contributed by atoms with Crippen LogP contribution in [-0.4, -0.2) is 40.5 Å². The van der Waals surface area contributed by atoms with Crippen molar-refractivity contribution in [3.63, 3.8) is 0 Å². The van der Waals surface area contributed by atoms with E-state index in [2.05, 4.69) is 4.90 Å². The minimum atomic E-state index is -0.165. The highest BCUT2D eigenvalue weighted by Crippen LogP contribution is 2.30. The average Bonchev–Trinajstić information content (AvgIpc) is 2.66. The zero-order chi connectivity index (χ0) is 11.5. The zero-order valence-corrected chi connectivity index (χ0v) is 10.2. The van der Waals surface area contributed by atoms with E-state index < -0.39 is 0 Å². The Morgan fingerprint density at radius 2 is 2.00 bits per heavy atom. The van der Waals surface area contributed by atoms with Gasteiger partial charge >= 0.3 is 0 Å². The topological polar surface area (TPSA) is 40.5 Å². The van der Waals surface area contributed by atoms with Crippen molar-refractivity contribution in [1.29, 1.82) is 0 Å². The molecule has 1 saturated carbocycles. The molecule has 1 N–H and O–H groups in total. The molecular weight excluding hydrogens is 202 g/mol. The molecule has 2 aliphatic rings. The van der Waals surface area contributed by atoms with Crippen LogP contribution in [0, 0.1) is 0 Å². The molecule has 3 nitrogen and oxygen atoms in total. The lowest BCUT2D eigenvalue weighted by Gasteiger charge is -2.38. The van der Waals surface area contributed by atoms with Crippen LogP contribution >= 0.6 is 0 Å². The molecule has 0 aromatic carbocycles. The van der Waals surface area contributed by atoms with Crippen LogP contribution in [0.25, 0.3) is 0 Å². The molecule has 1 saturated heterocycles. The standard InChI is InChI=1S/C13H23NO2/c1-10(15)9-11-5-4-8-14(11)12-6-2-3-7-13(12)16/h11-13,16H,2-9H2,1H3. The van der Waals surface area contributed by atoms with Gasteiger partial charge in [-0.3, -0.25) is 9.69 Å². The summed E-state index contributed by atoms with van der Waals surface area (Å²) in [6, 6.07) is 0.718. The van der Waals surface area contributed by atoms with Gasteiger partial charge in [-0.15, -0.1) is 0 Å². The maximum Gasteiger partial charge on any atom is 0.131 e. The molecule has 16 heavy (non-hydrogen) atoms. The first-order chi connectivity index (χ1) is 7.68. The highest BCUT2D eigenvalue weighted by atomic mass is 16.3. The van der Waals surface area contributed by atoms with Crippen LogP contribution in [0.15, 0.2) is 0 Å². The Kier molecular flexibility index (Phi) is 3.98. The Hall–Kier alpha value is -0.410. The summed E-state index contributed by atoms with van der Waals surface area (Å²) in [5.41, 5.74) is 0. The van der Waals surface area contributed by atoms with Gasteiger partial charge in [0.1, 0.15) is 5.78 Å². The second-order valence-electron chi connectivity index (χ2n) is 5.36. The third kappa shape index (κ3) is 2.64. The van der Waals surface area contributed by atoms with Gasteiger partial charge in [0, 0.05) is 18.5 Å². The SMILES string of the molecule is CC(=O)CC1CCCN1C1CCCCC1O. The summed E-state index contributed by atoms with van der Waals surface area (Å²) < 4.78 is 0. The predicted molar refractivity (Wildman–Crippen MR) is 63.3 cm³/mol. The van der Waals surface area contributed by atoms with Crippen LogP contribution in [0.1, 0.15) is 51.9 Å². The Labute approximate surface area is 97.8 Å². The van der Waals surface area contributed by atoms with Crippen molar-refractivity contribution in [3.8, 4) is 0 Å². The zero-order valence-electron chi connectivity index (χ0n) is 10.2. The molecule has 0 amide bonds. The second kappa shape index (κ2) is 5.28. The molecule has 1 heterocycles. The van der Waals surface area contributed by atoms with E-state index in [4.69, 9.17) is 0 Å². The number of likely N-dealkylation sites (tertiary alicyclic amines) is 1. The number of aliphatic hydroxyl groups excluding tert-OH is 1. The van der Waals surface area contributed by atoms with Crippen molar-refractivity contribution in [2.45, 2.75) is 70.1 Å². The fraction of sp³-hybridized carbons (Fsp3) is 0.923. The van der Waals surface area contributed by atoms with Gasteiger partial charge in [0.2, 0.25) is 0 Å². The van der Waals surface area contributed by atoms with Crippen molar-refractivity contribution in [3.05, 3.63) is 0 Å². The highest BCUT2D eigenvalue weighted by molar-refractivity contribution is 5.76. The normalized spacial score (nSPS) is 36.5. The predicted octanol–water partition coefficient (Wildman–Crippen LogP) is 1.73. The number of hydrogen-bond acceptors (Lipinski definition) is 3. The Morgan fingerprint density at radius 1 is 1.25 bits per heavy atom. The van der Waals surface area contributed by atoms with Crippen molar-refractivity contribution in [2.24, 2.45) is 0 Å². The number of aliphatic hydroxyl groups is 1. The second-order valence-corrected chi connectivity index (χ2v) is 5.36. The van der Waals surface area contributed by atoms with Gasteiger partial charge in [-0.2, -0.15) is 0 Å². The van der Waals surface area contributed by atoms with E-state index in [0.717, 1.165) is 32.2 Å². The lowest BCUT2D eigenvalue weighted by molar-refractivity contribution is -0.118. The Morgan fingerprint density at radius 3 is 2.69 bits per heavy atom. The number of Topliss-reactive ketones (excluding diaryl/α,β-unsaturated/α-hetero) is 1. The summed E-state index contributed by atoms with van der Waals surface area (Å²) in [7, 11) is 0. The van der Waals surface area contributed by atoms with E-state index in [-0.39, 0.29) is 11.9 Å². The summed E-state index contributed by atoms with van der Waals surface area (Å²) in [6.07, 6.45) is 7.24. The van der Waals surface area contributed by atoms with Crippen LogP contribution in [0.2, 0.25) is 0 Å². The first kappa shape index (κ1) is 12.1. The number of nitrogens with zero attached hydrogens (tertiary/aromatic N) is 1. The third-order valence-corrected chi connectivity index (χ3v) is 4.07. The fourth-order valence-corrected chi connectivity index (χ4v) is 3.32. The largest absolute Gasteiger partial charge is 0.391 e. The molecule has 0 aromatic rings. The molecule has 0 spiro atoms. The lowest BCUT2D eigenvalue weighted by Crippen LogP contribution is -2.48. The van der Waals surface area contributed by atoms with Crippen molar-refractivity contribution < 1.29 is 9.90 Å². The van der Waals surface area contributed by atoms with Gasteiger partial charge in [-0.1, -0.05) is 12.8 Å². The minimum absolute atomic E-state index is 0.165. The highest BCUT2D eigenvalue weighted by Gasteiger charge is 2.35. The van der Waals surface area contributed by atoms with E-state index in [1.807, 2.05) is 0 Å². The van der Waals surface area contributed by atoms with Crippen LogP contribution in [0.4, 0.5) is 0 Å². The number of carbonyl (C=O) groups is 1. The maximum atomic E-state index is 11.2. The molecule has 3 atom stereocenters. The molecule has 2 fully saturated rings. The molecule has 1 aliphatic carbocycles. The van der Waals surface area contributed by atoms with E-state index >= 15 is 0 Å². The van der Waals surface area contributed by atoms with Crippen molar-refractivity contribution >= 4 is 5.78 Å². The monoisotopic (exact) mass is 225 g/mol. The third-order valence-electron chi connectivity index (χ3n) is 4.07. The lowest BCUT2D eigenvalue weighted by atomic mass is 9.90. The summed E-state index contributed by atoms with van der Waals surface area (Å²) in [6.45, 7) is 2.74. The Balaban J connectivity index is 1.98. The van der Waals surface area contributed by atoms with Crippen molar-refractivity contribution in [2.75, 3.05) is 6.54 Å². The molecule has 3 unspecified atom stereocenters. The summed E-state index contributed by atoms with van der Waals surface area (Å²) in [4.78, 5) is 13.6. The fourth-order valence-electron chi connectivity index (χ4n) is 3.32. The van der Waals surface area contributed by atoms with Crippen molar-refractivity contribution in [1.82, 2.24) is 4.90 Å². The maximum absolute atomic E-state index is 11.2. The Bertz CT molecular complexity index is 254. The van der Waals surface area contributed by atoms with Gasteiger partial charge < -0.3 is 5.11 Å². The first-order valence-corrected chi connectivity index (χ1v) is 6.61. The molecule has 3 heteroatoms. The quantitative estimate of drug-likeness (QED) is 0.795. The molecular formula is C13H23NO2. The molecule has 0 aromatic heterocycles. The minimum Gasteiger partial charge on any atom is -0.391 e. The number of carbonyl (C=O) groups excluding carboxylic acids is 1. The van der Waals surface area contributed by atoms with Crippen LogP contribution in [0.5, 0.6) is 0 Å².